The van der Waals surface area contributed by atoms with Crippen LogP contribution in [0.1, 0.15) is 26.2 Å². The number of hydrogen-bond acceptors (Lipinski definition) is 3. The van der Waals surface area contributed by atoms with Crippen LogP contribution in [0.2, 0.25) is 0 Å². The zero-order valence-electron chi connectivity index (χ0n) is 9.74. The van der Waals surface area contributed by atoms with Crippen molar-refractivity contribution in [3.8, 4) is 0 Å². The molecule has 2 aliphatic rings. The summed E-state index contributed by atoms with van der Waals surface area (Å²) in [6.07, 6.45) is 3.29. The van der Waals surface area contributed by atoms with Crippen LogP contribution in [-0.2, 0) is 4.74 Å². The Morgan fingerprint density at radius 2 is 2.38 bits per heavy atom. The van der Waals surface area contributed by atoms with Crippen LogP contribution in [0.15, 0.2) is 0 Å². The Kier molecular flexibility index (Phi) is 3.66. The van der Waals surface area contributed by atoms with E-state index in [-0.39, 0.29) is 24.2 Å². The van der Waals surface area contributed by atoms with E-state index >= 15 is 0 Å². The van der Waals surface area contributed by atoms with Crippen molar-refractivity contribution in [1.82, 2.24) is 10.6 Å². The highest BCUT2D eigenvalue weighted by atomic mass is 16.5. The fourth-order valence-electron chi connectivity index (χ4n) is 2.57. The van der Waals surface area contributed by atoms with E-state index < -0.39 is 0 Å². The van der Waals surface area contributed by atoms with E-state index in [9.17, 15) is 4.79 Å². The lowest BCUT2D eigenvalue weighted by Crippen LogP contribution is -2.72. The van der Waals surface area contributed by atoms with Crippen LogP contribution in [0.5, 0.6) is 0 Å². The molecular formula is C11H21N3O2. The molecule has 4 atom stereocenters. The molecule has 0 aromatic rings. The van der Waals surface area contributed by atoms with E-state index in [4.69, 9.17) is 10.5 Å². The molecule has 4 N–H and O–H groups in total. The second-order valence-corrected chi connectivity index (χ2v) is 4.64. The minimum absolute atomic E-state index is 0.0119. The van der Waals surface area contributed by atoms with Gasteiger partial charge in [0.25, 0.3) is 0 Å². The van der Waals surface area contributed by atoms with Crippen LogP contribution < -0.4 is 16.4 Å². The van der Waals surface area contributed by atoms with Gasteiger partial charge < -0.3 is 21.1 Å². The van der Waals surface area contributed by atoms with Gasteiger partial charge in [-0.05, 0) is 19.3 Å². The Bertz CT molecular complexity index is 260. The summed E-state index contributed by atoms with van der Waals surface area (Å²) in [6, 6.07) is -0.0882. The average Bonchev–Trinajstić information content (AvgIpc) is 2.33. The normalized spacial score (nSPS) is 37.1. The molecule has 0 bridgehead atoms. The fourth-order valence-corrected chi connectivity index (χ4v) is 2.57. The van der Waals surface area contributed by atoms with Gasteiger partial charge >= 0.3 is 6.03 Å². The largest absolute Gasteiger partial charge is 0.376 e. The van der Waals surface area contributed by atoms with Crippen LogP contribution in [0.4, 0.5) is 4.79 Å². The third-order valence-corrected chi connectivity index (χ3v) is 3.51. The number of hydrogen-bond donors (Lipinski definition) is 3. The van der Waals surface area contributed by atoms with Crippen molar-refractivity contribution in [2.24, 2.45) is 11.7 Å². The zero-order chi connectivity index (χ0) is 11.5. The molecule has 4 unspecified atom stereocenters. The van der Waals surface area contributed by atoms with Crippen molar-refractivity contribution < 1.29 is 9.53 Å². The molecule has 2 rings (SSSR count). The van der Waals surface area contributed by atoms with Crippen LogP contribution in [0, 0.1) is 5.92 Å². The molecule has 1 saturated carbocycles. The van der Waals surface area contributed by atoms with Crippen molar-refractivity contribution >= 4 is 6.03 Å². The Hall–Kier alpha value is -0.810. The van der Waals surface area contributed by atoms with Gasteiger partial charge in [0.1, 0.15) is 0 Å². The first-order valence-corrected chi connectivity index (χ1v) is 6.15. The Morgan fingerprint density at radius 3 is 3.12 bits per heavy atom. The number of nitrogens with one attached hydrogen (secondary N) is 2. The van der Waals surface area contributed by atoms with Crippen molar-refractivity contribution in [2.75, 3.05) is 13.2 Å². The molecule has 1 aliphatic heterocycles. The molecule has 5 heteroatoms. The maximum atomic E-state index is 11.5. The SMILES string of the molecule is CCCNC(=O)NC1C(N)C2CCCOC21. The summed E-state index contributed by atoms with van der Waals surface area (Å²) in [6.45, 7) is 3.51. The van der Waals surface area contributed by atoms with E-state index in [1.807, 2.05) is 6.92 Å². The molecule has 1 aliphatic carbocycles. The fraction of sp³-hybridized carbons (Fsp3) is 0.909. The Labute approximate surface area is 96.1 Å². The highest BCUT2D eigenvalue weighted by Crippen LogP contribution is 2.36. The monoisotopic (exact) mass is 227 g/mol. The number of amides is 2. The minimum Gasteiger partial charge on any atom is -0.376 e. The highest BCUT2D eigenvalue weighted by Gasteiger charge is 2.51. The molecule has 16 heavy (non-hydrogen) atoms. The smallest absolute Gasteiger partial charge is 0.315 e. The minimum atomic E-state index is -0.130. The number of carbonyl (C=O) groups excluding carboxylic acids is 1. The summed E-state index contributed by atoms with van der Waals surface area (Å²) in [7, 11) is 0. The summed E-state index contributed by atoms with van der Waals surface area (Å²) in [5.74, 6) is 0.435. The van der Waals surface area contributed by atoms with Crippen LogP contribution in [-0.4, -0.2) is 37.4 Å². The maximum Gasteiger partial charge on any atom is 0.315 e. The van der Waals surface area contributed by atoms with E-state index in [2.05, 4.69) is 10.6 Å². The molecule has 1 heterocycles. The van der Waals surface area contributed by atoms with Gasteiger partial charge in [-0.2, -0.15) is 0 Å². The van der Waals surface area contributed by atoms with Gasteiger partial charge in [-0.25, -0.2) is 4.79 Å². The molecule has 92 valence electrons. The van der Waals surface area contributed by atoms with Crippen molar-refractivity contribution in [3.05, 3.63) is 0 Å². The molecule has 0 radical (unpaired) electrons. The molecule has 2 fully saturated rings. The zero-order valence-corrected chi connectivity index (χ0v) is 9.74. The lowest BCUT2D eigenvalue weighted by atomic mass is 9.69. The summed E-state index contributed by atoms with van der Waals surface area (Å²) in [5, 5.41) is 5.69. The number of rotatable bonds is 3. The van der Waals surface area contributed by atoms with E-state index in [1.165, 1.54) is 0 Å². The number of ether oxygens (including phenoxy) is 1. The van der Waals surface area contributed by atoms with Gasteiger partial charge in [-0.3, -0.25) is 0 Å². The Balaban J connectivity index is 1.79. The third-order valence-electron chi connectivity index (χ3n) is 3.51. The third kappa shape index (κ3) is 2.15. The van der Waals surface area contributed by atoms with Crippen LogP contribution >= 0.6 is 0 Å². The van der Waals surface area contributed by atoms with Gasteiger partial charge in [-0.1, -0.05) is 6.92 Å². The standard InChI is InChI=1S/C11H21N3O2/c1-2-5-13-11(15)14-9-8(12)7-4-3-6-16-10(7)9/h7-10H,2-6,12H2,1H3,(H2,13,14,15). The summed E-state index contributed by atoms with van der Waals surface area (Å²) >= 11 is 0. The number of carbonyl (C=O) groups is 1. The van der Waals surface area contributed by atoms with Crippen molar-refractivity contribution in [1.29, 1.82) is 0 Å². The predicted octanol–water partition coefficient (Wildman–Crippen LogP) is 0.200. The van der Waals surface area contributed by atoms with Crippen LogP contribution in [0.3, 0.4) is 0 Å². The number of urea groups is 1. The van der Waals surface area contributed by atoms with E-state index in [1.54, 1.807) is 0 Å². The molecule has 0 spiro atoms. The highest BCUT2D eigenvalue weighted by molar-refractivity contribution is 5.74. The summed E-state index contributed by atoms with van der Waals surface area (Å²) < 4.78 is 5.64. The molecule has 5 nitrogen and oxygen atoms in total. The Morgan fingerprint density at radius 1 is 1.56 bits per heavy atom. The first-order valence-electron chi connectivity index (χ1n) is 6.15. The van der Waals surface area contributed by atoms with Crippen molar-refractivity contribution in [3.63, 3.8) is 0 Å². The van der Waals surface area contributed by atoms with E-state index in [0.29, 0.717) is 12.5 Å². The summed E-state index contributed by atoms with van der Waals surface area (Å²) in [4.78, 5) is 11.5. The lowest BCUT2D eigenvalue weighted by Gasteiger charge is -2.52. The predicted molar refractivity (Wildman–Crippen MR) is 61.1 cm³/mol. The van der Waals surface area contributed by atoms with Crippen molar-refractivity contribution in [2.45, 2.75) is 44.4 Å². The lowest BCUT2D eigenvalue weighted by molar-refractivity contribution is -0.116. The van der Waals surface area contributed by atoms with E-state index in [0.717, 1.165) is 25.9 Å². The topological polar surface area (TPSA) is 76.4 Å². The quantitative estimate of drug-likeness (QED) is 0.644. The first-order chi connectivity index (χ1) is 7.74. The first kappa shape index (κ1) is 11.7. The number of nitrogens with two attached hydrogens (primary N) is 1. The van der Waals surface area contributed by atoms with Gasteiger partial charge in [0.2, 0.25) is 0 Å². The van der Waals surface area contributed by atoms with Crippen LogP contribution in [0.25, 0.3) is 0 Å². The average molecular weight is 227 g/mol. The molecule has 2 amide bonds. The summed E-state index contributed by atoms with van der Waals surface area (Å²) in [5.41, 5.74) is 6.03. The molecular weight excluding hydrogens is 206 g/mol. The van der Waals surface area contributed by atoms with Gasteiger partial charge in [0.15, 0.2) is 0 Å². The van der Waals surface area contributed by atoms with Gasteiger partial charge in [0.05, 0.1) is 12.1 Å². The molecule has 0 aromatic heterocycles. The second-order valence-electron chi connectivity index (χ2n) is 4.64. The van der Waals surface area contributed by atoms with Gasteiger partial charge in [-0.15, -0.1) is 0 Å². The van der Waals surface area contributed by atoms with Gasteiger partial charge in [0, 0.05) is 25.1 Å². The molecule has 0 aromatic carbocycles. The number of fused-ring (bicyclic) bond motifs is 1. The molecule has 1 saturated heterocycles. The maximum absolute atomic E-state index is 11.5. The second kappa shape index (κ2) is 5.01.